The molecule has 17 heteroatoms. The average Bonchev–Trinajstić information content (AvgIpc) is 3.62. The van der Waals surface area contributed by atoms with Crippen LogP contribution >= 0.6 is 7.60 Å². The molecule has 2 fully saturated rings. The van der Waals surface area contributed by atoms with E-state index in [0.717, 1.165) is 11.1 Å². The van der Waals surface area contributed by atoms with Crippen molar-refractivity contribution in [2.45, 2.75) is 150 Å². The Kier molecular flexibility index (Phi) is 18.5. The van der Waals surface area contributed by atoms with Crippen molar-refractivity contribution >= 4 is 48.7 Å². The molecule has 0 saturated carbocycles. The Bertz CT molecular complexity index is 2290. The molecule has 5 rings (SSSR count). The predicted octanol–water partition coefficient (Wildman–Crippen LogP) is 7.75. The first-order valence-corrected chi connectivity index (χ1v) is 25.4. The molecule has 2 aromatic rings. The molecule has 2 saturated heterocycles. The van der Waals surface area contributed by atoms with E-state index in [4.69, 9.17) is 29.0 Å². The molecule has 2 unspecified atom stereocenters. The number of hydrogen-bond acceptors (Lipinski definition) is 12. The van der Waals surface area contributed by atoms with Crippen LogP contribution in [-0.2, 0) is 69.4 Å². The number of amides is 4. The molecule has 0 spiro atoms. The second-order valence-corrected chi connectivity index (χ2v) is 22.6. The van der Waals surface area contributed by atoms with Crippen molar-refractivity contribution in [2.75, 3.05) is 13.6 Å². The van der Waals surface area contributed by atoms with Crippen molar-refractivity contribution in [3.8, 4) is 0 Å². The number of benzene rings is 2. The summed E-state index contributed by atoms with van der Waals surface area (Å²) >= 11 is 0. The maximum absolute atomic E-state index is 14.5. The maximum Gasteiger partial charge on any atom is 0.340 e. The quantitative estimate of drug-likeness (QED) is 0.0473. The lowest BCUT2D eigenvalue weighted by atomic mass is 9.87. The van der Waals surface area contributed by atoms with Gasteiger partial charge in [-0.1, -0.05) is 80.6 Å². The molecule has 0 aromatic heterocycles. The van der Waals surface area contributed by atoms with Crippen LogP contribution in [-0.4, -0.2) is 84.3 Å². The van der Waals surface area contributed by atoms with Crippen LogP contribution in [0.4, 0.5) is 0 Å². The summed E-state index contributed by atoms with van der Waals surface area (Å²) in [5, 5.41) is 6.02. The fraction of sp³-hybridized carbons (Fsp3) is 0.538. The molecule has 2 aromatic carbocycles. The van der Waals surface area contributed by atoms with Crippen molar-refractivity contribution in [3.63, 3.8) is 0 Å². The van der Waals surface area contributed by atoms with Gasteiger partial charge in [-0.3, -0.25) is 42.4 Å². The van der Waals surface area contributed by atoms with E-state index in [1.807, 2.05) is 37.3 Å². The van der Waals surface area contributed by atoms with E-state index in [1.165, 1.54) is 11.6 Å². The van der Waals surface area contributed by atoms with E-state index < -0.39 is 80.0 Å². The lowest BCUT2D eigenvalue weighted by Gasteiger charge is -2.34. The van der Waals surface area contributed by atoms with E-state index in [-0.39, 0.29) is 42.8 Å². The molecule has 4 amide bonds. The smallest absolute Gasteiger partial charge is 0.340 e. The van der Waals surface area contributed by atoms with Crippen LogP contribution in [0.3, 0.4) is 0 Å². The maximum atomic E-state index is 14.5. The second kappa shape index (κ2) is 23.5. The largest absolute Gasteiger partial charge is 0.438 e. The number of primary amides is 1. The van der Waals surface area contributed by atoms with Gasteiger partial charge in [0.15, 0.2) is 0 Å². The first kappa shape index (κ1) is 54.5. The van der Waals surface area contributed by atoms with Crippen molar-refractivity contribution in [1.82, 2.24) is 15.5 Å². The van der Waals surface area contributed by atoms with Crippen LogP contribution in [0.2, 0.25) is 0 Å². The van der Waals surface area contributed by atoms with Crippen LogP contribution in [0.5, 0.6) is 0 Å². The van der Waals surface area contributed by atoms with Crippen LogP contribution in [0.25, 0.3) is 5.57 Å². The summed E-state index contributed by atoms with van der Waals surface area (Å²) in [6, 6.07) is 12.3. The molecular formula is C52H71N4O12P. The minimum absolute atomic E-state index is 0.0307. The summed E-state index contributed by atoms with van der Waals surface area (Å²) in [5.41, 5.74) is 8.83. The number of nitrogens with two attached hydrogens (primary N) is 1. The molecule has 16 nitrogen and oxygen atoms in total. The normalized spacial score (nSPS) is 20.3. The Hall–Kier alpha value is -5.41. The zero-order chi connectivity index (χ0) is 50.8. The highest BCUT2D eigenvalue weighted by Gasteiger charge is 2.51. The number of hydrogen-bond donors (Lipinski definition) is 3. The summed E-state index contributed by atoms with van der Waals surface area (Å²) in [6.45, 7) is 16.8. The van der Waals surface area contributed by atoms with Crippen LogP contribution in [0.1, 0.15) is 130 Å². The van der Waals surface area contributed by atoms with Crippen LogP contribution in [0, 0.1) is 16.7 Å². The fourth-order valence-corrected chi connectivity index (χ4v) is 9.62. The van der Waals surface area contributed by atoms with Crippen molar-refractivity contribution in [2.24, 2.45) is 22.5 Å². The van der Waals surface area contributed by atoms with E-state index >= 15 is 0 Å². The lowest BCUT2D eigenvalue weighted by Crippen LogP contribution is -2.56. The van der Waals surface area contributed by atoms with Gasteiger partial charge in [-0.05, 0) is 120 Å². The number of nitrogens with one attached hydrogen (secondary N) is 2. The van der Waals surface area contributed by atoms with Crippen molar-refractivity contribution < 1.29 is 56.6 Å². The molecular weight excluding hydrogens is 904 g/mol. The molecule has 2 aliphatic heterocycles. The molecule has 2 heterocycles. The van der Waals surface area contributed by atoms with Gasteiger partial charge >= 0.3 is 19.5 Å². The molecule has 69 heavy (non-hydrogen) atoms. The van der Waals surface area contributed by atoms with Gasteiger partial charge in [-0.15, -0.1) is 0 Å². The average molecular weight is 975 g/mol. The molecule has 376 valence electrons. The van der Waals surface area contributed by atoms with E-state index in [9.17, 15) is 33.3 Å². The third-order valence-corrected chi connectivity index (χ3v) is 14.2. The summed E-state index contributed by atoms with van der Waals surface area (Å²) in [5.74, 6) is -2.58. The number of ether oxygens (including phenoxy) is 3. The van der Waals surface area contributed by atoms with Crippen molar-refractivity contribution in [1.29, 1.82) is 0 Å². The van der Waals surface area contributed by atoms with Gasteiger partial charge in [0.05, 0.1) is 41.8 Å². The number of carbonyl (C=O) groups is 6. The summed E-state index contributed by atoms with van der Waals surface area (Å²) in [6.07, 6.45) is 8.15. The van der Waals surface area contributed by atoms with Gasteiger partial charge in [0.1, 0.15) is 12.1 Å². The third kappa shape index (κ3) is 15.3. The van der Waals surface area contributed by atoms with Gasteiger partial charge in [0.25, 0.3) is 0 Å². The summed E-state index contributed by atoms with van der Waals surface area (Å²) in [7, 11) is -4.04. The van der Waals surface area contributed by atoms with Crippen LogP contribution < -0.4 is 16.4 Å². The first-order valence-electron chi connectivity index (χ1n) is 23.6. The zero-order valence-electron chi connectivity index (χ0n) is 41.7. The van der Waals surface area contributed by atoms with Crippen LogP contribution in [0.15, 0.2) is 78.4 Å². The van der Waals surface area contributed by atoms with Gasteiger partial charge in [0, 0.05) is 18.4 Å². The van der Waals surface area contributed by atoms with E-state index in [2.05, 4.69) is 36.6 Å². The highest BCUT2D eigenvalue weighted by atomic mass is 31.2. The molecule has 0 bridgehead atoms. The Morgan fingerprint density at radius 2 is 1.48 bits per heavy atom. The van der Waals surface area contributed by atoms with E-state index in [1.54, 1.807) is 77.6 Å². The zero-order valence-corrected chi connectivity index (χ0v) is 42.6. The molecule has 6 atom stereocenters. The van der Waals surface area contributed by atoms with Gasteiger partial charge < -0.3 is 35.5 Å². The summed E-state index contributed by atoms with van der Waals surface area (Å²) < 4.78 is 41.4. The Morgan fingerprint density at radius 3 is 2.04 bits per heavy atom. The molecule has 4 N–H and O–H groups in total. The highest BCUT2D eigenvalue weighted by Crippen LogP contribution is 2.51. The van der Waals surface area contributed by atoms with E-state index in [0.29, 0.717) is 48.5 Å². The standard InChI is InChI=1S/C52H71N4O12P/c1-32(2)37-18-14-35(15-19-37)28-64-34(4)41(24-25-44(53)57)55-47(59)43-27-40-13-11-12-39-22-23-42(48(60)56(43)46(39)40)54-45(58)26-33(3)38-20-16-36(17-21-38)29-69(63,67-30-65-49(61)51(5,6)7)68-31-66-50(62)52(8,9)10/h11-21,26,32,34,40-43,46H,22-25,27-31H2,1-10H3,(H2,53,57)(H,54,58)(H,55,59)/b33-26+/t34-,40?,41+,42+,43+,46?/m1/s1. The minimum atomic E-state index is -4.04. The SMILES string of the molecule is C/C(=C\C(=O)N[C@H]1CCC2=CC=CC3C[C@@H](C(=O)N[C@@H](CCC(N)=O)[C@@H](C)OCc4ccc(C(C)C)cc4)N(C1=O)C23)c1ccc(CP(=O)(OCOC(=O)C(C)(C)C)OCOC(=O)C(C)(C)C)cc1. The van der Waals surface area contributed by atoms with Gasteiger partial charge in [-0.2, -0.15) is 0 Å². The monoisotopic (exact) mass is 974 g/mol. The number of rotatable bonds is 21. The molecule has 0 radical (unpaired) electrons. The van der Waals surface area contributed by atoms with Crippen molar-refractivity contribution in [3.05, 3.63) is 101 Å². The Labute approximate surface area is 406 Å². The molecule has 1 aliphatic carbocycles. The lowest BCUT2D eigenvalue weighted by molar-refractivity contribution is -0.162. The van der Waals surface area contributed by atoms with Gasteiger partial charge in [0.2, 0.25) is 37.2 Å². The minimum Gasteiger partial charge on any atom is -0.438 e. The first-order chi connectivity index (χ1) is 32.3. The summed E-state index contributed by atoms with van der Waals surface area (Å²) in [4.78, 5) is 80.7. The molecule has 3 aliphatic rings. The number of carbonyl (C=O) groups excluding carboxylic acids is 6. The Morgan fingerprint density at radius 1 is 0.884 bits per heavy atom. The van der Waals surface area contributed by atoms with Gasteiger partial charge in [-0.25, -0.2) is 0 Å². The Balaban J connectivity index is 1.25. The number of esters is 2. The third-order valence-electron chi connectivity index (χ3n) is 12.5. The predicted molar refractivity (Wildman–Crippen MR) is 260 cm³/mol. The number of allylic oxidation sites excluding steroid dienone is 3. The fourth-order valence-electron chi connectivity index (χ4n) is 8.28. The second-order valence-electron chi connectivity index (χ2n) is 20.5. The highest BCUT2D eigenvalue weighted by molar-refractivity contribution is 7.53. The number of nitrogens with zero attached hydrogens (tertiary/aromatic N) is 1. The topological polar surface area (TPSA) is 219 Å².